The van der Waals surface area contributed by atoms with Gasteiger partial charge in [-0.15, -0.1) is 23.1 Å². The van der Waals surface area contributed by atoms with E-state index in [1.54, 1.807) is 45.2 Å². The second-order valence-electron chi connectivity index (χ2n) is 10.9. The predicted molar refractivity (Wildman–Crippen MR) is 170 cm³/mol. The number of sulfone groups is 1. The summed E-state index contributed by atoms with van der Waals surface area (Å²) in [6.45, 7) is 12.5. The average Bonchev–Trinajstić information content (AvgIpc) is 3.39. The van der Waals surface area contributed by atoms with Gasteiger partial charge in [-0.3, -0.25) is 15.6 Å². The molecular formula is C30H38N4O5S3. The monoisotopic (exact) mass is 630 g/mol. The molecule has 0 spiro atoms. The number of nitrogens with one attached hydrogen (secondary N) is 3. The number of hydrogen-bond acceptors (Lipinski definition) is 10. The van der Waals surface area contributed by atoms with Gasteiger partial charge in [0, 0.05) is 31.9 Å². The van der Waals surface area contributed by atoms with Crippen LogP contribution in [0.15, 0.2) is 62.5 Å². The number of morpholine rings is 1. The van der Waals surface area contributed by atoms with Gasteiger partial charge in [0.05, 0.1) is 32.1 Å². The molecule has 4 rings (SSSR count). The summed E-state index contributed by atoms with van der Waals surface area (Å²) in [5.74, 6) is -0.214. The van der Waals surface area contributed by atoms with Gasteiger partial charge in [-0.25, -0.2) is 13.2 Å². The molecule has 226 valence electrons. The van der Waals surface area contributed by atoms with Gasteiger partial charge in [-0.1, -0.05) is 18.2 Å². The number of rotatable bonds is 9. The molecule has 2 heterocycles. The summed E-state index contributed by atoms with van der Waals surface area (Å²) in [4.78, 5) is 15.1. The highest BCUT2D eigenvalue weighted by Gasteiger charge is 2.27. The van der Waals surface area contributed by atoms with Crippen LogP contribution in [0.1, 0.15) is 31.2 Å². The van der Waals surface area contributed by atoms with E-state index in [0.29, 0.717) is 9.09 Å². The molecule has 0 unspecified atom stereocenters. The second kappa shape index (κ2) is 13.6. The van der Waals surface area contributed by atoms with Crippen molar-refractivity contribution in [2.75, 3.05) is 51.0 Å². The Morgan fingerprint density at radius 3 is 2.55 bits per heavy atom. The summed E-state index contributed by atoms with van der Waals surface area (Å²) >= 11 is 2.43. The van der Waals surface area contributed by atoms with Crippen LogP contribution in [0.2, 0.25) is 0 Å². The maximum atomic E-state index is 13.8. The number of thioether (sulfide) groups is 1. The van der Waals surface area contributed by atoms with Crippen LogP contribution in [0, 0.1) is 12.3 Å². The van der Waals surface area contributed by atoms with Crippen LogP contribution in [0.5, 0.6) is 0 Å². The lowest BCUT2D eigenvalue weighted by Crippen LogP contribution is -2.39. The van der Waals surface area contributed by atoms with Crippen molar-refractivity contribution < 1.29 is 22.7 Å². The van der Waals surface area contributed by atoms with Crippen LogP contribution in [0.3, 0.4) is 0 Å². The Balaban J connectivity index is 1.51. The van der Waals surface area contributed by atoms with Crippen molar-refractivity contribution in [1.82, 2.24) is 10.2 Å². The predicted octanol–water partition coefficient (Wildman–Crippen LogP) is 5.87. The number of hydrogen-bond donors (Lipinski definition) is 3. The Bertz CT molecular complexity index is 1540. The smallest absolute Gasteiger partial charge is 0.413 e. The second-order valence-corrected chi connectivity index (χ2v) is 15.0. The first-order chi connectivity index (χ1) is 19.9. The third-order valence-electron chi connectivity index (χ3n) is 6.56. The van der Waals surface area contributed by atoms with E-state index in [2.05, 4.69) is 21.6 Å². The molecule has 1 amide bonds. The number of aryl methyl sites for hydroxylation is 1. The Morgan fingerprint density at radius 2 is 1.88 bits per heavy atom. The van der Waals surface area contributed by atoms with E-state index in [-0.39, 0.29) is 15.6 Å². The lowest BCUT2D eigenvalue weighted by Gasteiger charge is -2.26. The summed E-state index contributed by atoms with van der Waals surface area (Å²) < 4.78 is 38.8. The van der Waals surface area contributed by atoms with E-state index < -0.39 is 21.5 Å². The fraction of sp³-hybridized carbons (Fsp3) is 0.400. The summed E-state index contributed by atoms with van der Waals surface area (Å²) in [6.07, 6.45) is 1.02. The zero-order chi connectivity index (χ0) is 30.5. The lowest BCUT2D eigenvalue weighted by atomic mass is 10.00. The molecule has 0 bridgehead atoms. The van der Waals surface area contributed by atoms with Crippen LogP contribution >= 0.6 is 23.1 Å². The first-order valence-electron chi connectivity index (χ1n) is 13.6. The molecule has 3 N–H and O–H groups in total. The third kappa shape index (κ3) is 8.13. The van der Waals surface area contributed by atoms with Crippen molar-refractivity contribution in [2.45, 2.75) is 47.3 Å². The summed E-state index contributed by atoms with van der Waals surface area (Å²) in [6, 6.07) is 14.5. The summed E-state index contributed by atoms with van der Waals surface area (Å²) in [5, 5.41) is 14.2. The molecule has 0 saturated carbocycles. The number of benzene rings is 2. The Morgan fingerprint density at radius 1 is 1.14 bits per heavy atom. The first-order valence-corrected chi connectivity index (χ1v) is 17.2. The van der Waals surface area contributed by atoms with Gasteiger partial charge in [0.2, 0.25) is 9.84 Å². The number of thiophene rings is 1. The maximum absolute atomic E-state index is 13.8. The molecule has 1 aliphatic rings. The topological polar surface area (TPSA) is 121 Å². The number of amides is 1. The molecule has 1 fully saturated rings. The number of ether oxygens (including phenoxy) is 2. The van der Waals surface area contributed by atoms with E-state index in [1.165, 1.54) is 17.8 Å². The van der Waals surface area contributed by atoms with Crippen LogP contribution in [-0.4, -0.2) is 76.5 Å². The van der Waals surface area contributed by atoms with Crippen LogP contribution in [0.4, 0.5) is 10.5 Å². The van der Waals surface area contributed by atoms with Gasteiger partial charge in [0.15, 0.2) is 0 Å². The molecule has 0 aliphatic carbocycles. The van der Waals surface area contributed by atoms with Gasteiger partial charge >= 0.3 is 6.09 Å². The minimum Gasteiger partial charge on any atom is -0.444 e. The van der Waals surface area contributed by atoms with Crippen molar-refractivity contribution >= 4 is 50.6 Å². The first kappa shape index (κ1) is 32.0. The highest BCUT2D eigenvalue weighted by molar-refractivity contribution is 8.01. The van der Waals surface area contributed by atoms with Gasteiger partial charge in [-0.05, 0) is 81.0 Å². The molecule has 1 aliphatic heterocycles. The van der Waals surface area contributed by atoms with E-state index in [4.69, 9.17) is 14.9 Å². The Labute approximate surface area is 256 Å². The minimum absolute atomic E-state index is 0.111. The molecule has 0 atom stereocenters. The summed E-state index contributed by atoms with van der Waals surface area (Å²) in [5.41, 5.74) is 3.08. The Hall–Kier alpha value is -2.90. The number of nitrogens with zero attached hydrogens (tertiary/aromatic N) is 1. The molecule has 42 heavy (non-hydrogen) atoms. The standard InChI is InChI=1S/C30H38N4O5S3/c1-20-17-22(32-11-12-34-13-15-38-16-14-34)9-10-24(20)21-7-6-8-23(18-21)42(36,37)26-19-25(41-28(26)40-5)27(31)33-29(35)39-30(2,3)4/h6-10,17-19,32H,11-16H2,1-5H3,(H2,31,33,35). The van der Waals surface area contributed by atoms with Gasteiger partial charge in [0.25, 0.3) is 0 Å². The normalized spacial score (nSPS) is 14.4. The molecule has 9 nitrogen and oxygen atoms in total. The number of alkyl carbamates (subject to hydrolysis) is 1. The zero-order valence-electron chi connectivity index (χ0n) is 24.6. The van der Waals surface area contributed by atoms with E-state index in [9.17, 15) is 13.2 Å². The van der Waals surface area contributed by atoms with Crippen molar-refractivity contribution in [3.05, 3.63) is 59.0 Å². The van der Waals surface area contributed by atoms with E-state index >= 15 is 0 Å². The molecule has 3 aromatic rings. The fourth-order valence-corrected chi connectivity index (χ4v) is 8.46. The SMILES string of the molecule is CSc1sc(C(=N)NC(=O)OC(C)(C)C)cc1S(=O)(=O)c1cccc(-c2ccc(NCCN3CCOCC3)cc2C)c1. The highest BCUT2D eigenvalue weighted by Crippen LogP contribution is 2.38. The van der Waals surface area contributed by atoms with E-state index in [0.717, 1.165) is 73.1 Å². The van der Waals surface area contributed by atoms with Crippen LogP contribution < -0.4 is 10.6 Å². The molecule has 1 aromatic heterocycles. The maximum Gasteiger partial charge on any atom is 0.413 e. The van der Waals surface area contributed by atoms with Gasteiger partial charge in [0.1, 0.15) is 11.4 Å². The number of anilines is 1. The molecular weight excluding hydrogens is 593 g/mol. The van der Waals surface area contributed by atoms with Crippen molar-refractivity contribution in [2.24, 2.45) is 0 Å². The van der Waals surface area contributed by atoms with E-state index in [1.807, 2.05) is 25.1 Å². The molecule has 12 heteroatoms. The molecule has 1 saturated heterocycles. The zero-order valence-corrected chi connectivity index (χ0v) is 27.0. The van der Waals surface area contributed by atoms with Crippen molar-refractivity contribution in [3.8, 4) is 11.1 Å². The Kier molecular flexibility index (Phi) is 10.4. The molecule has 0 radical (unpaired) electrons. The minimum atomic E-state index is -3.90. The van der Waals surface area contributed by atoms with Crippen molar-refractivity contribution in [3.63, 3.8) is 0 Å². The van der Waals surface area contributed by atoms with Gasteiger partial charge < -0.3 is 14.8 Å². The quantitative estimate of drug-likeness (QED) is 0.153. The average molecular weight is 631 g/mol. The number of amidine groups is 1. The molecule has 2 aromatic carbocycles. The third-order valence-corrected chi connectivity index (χ3v) is 10.9. The number of carbonyl (C=O) groups is 1. The highest BCUT2D eigenvalue weighted by atomic mass is 32.2. The number of carbonyl (C=O) groups excluding carboxylic acids is 1. The van der Waals surface area contributed by atoms with Crippen molar-refractivity contribution in [1.29, 1.82) is 5.41 Å². The van der Waals surface area contributed by atoms with Crippen LogP contribution in [0.25, 0.3) is 11.1 Å². The lowest BCUT2D eigenvalue weighted by molar-refractivity contribution is 0.0398. The fourth-order valence-electron chi connectivity index (χ4n) is 4.52. The summed E-state index contributed by atoms with van der Waals surface area (Å²) in [7, 11) is -3.90. The largest absolute Gasteiger partial charge is 0.444 e. The van der Waals surface area contributed by atoms with Gasteiger partial charge in [-0.2, -0.15) is 0 Å². The van der Waals surface area contributed by atoms with Crippen LogP contribution in [-0.2, 0) is 19.3 Å².